The SMILES string of the molecule is CCCCNC(=O)/C=C/c1cc(C)ccc1OC. The van der Waals surface area contributed by atoms with E-state index in [-0.39, 0.29) is 5.91 Å². The average molecular weight is 247 g/mol. The van der Waals surface area contributed by atoms with Crippen molar-refractivity contribution in [1.82, 2.24) is 5.32 Å². The predicted octanol–water partition coefficient (Wildman–Crippen LogP) is 2.93. The Morgan fingerprint density at radius 1 is 1.44 bits per heavy atom. The van der Waals surface area contributed by atoms with Crippen molar-refractivity contribution in [1.29, 1.82) is 0 Å². The highest BCUT2D eigenvalue weighted by molar-refractivity contribution is 5.92. The van der Waals surface area contributed by atoms with Gasteiger partial charge in [-0.1, -0.05) is 25.0 Å². The number of hydrogen-bond acceptors (Lipinski definition) is 2. The molecule has 1 amide bonds. The third-order valence-electron chi connectivity index (χ3n) is 2.63. The van der Waals surface area contributed by atoms with Gasteiger partial charge in [-0.05, 0) is 31.6 Å². The molecule has 0 aliphatic heterocycles. The molecule has 0 fully saturated rings. The van der Waals surface area contributed by atoms with Gasteiger partial charge in [-0.3, -0.25) is 4.79 Å². The van der Waals surface area contributed by atoms with Crippen molar-refractivity contribution < 1.29 is 9.53 Å². The van der Waals surface area contributed by atoms with Crippen LogP contribution in [0, 0.1) is 6.92 Å². The smallest absolute Gasteiger partial charge is 0.244 e. The predicted molar refractivity (Wildman–Crippen MR) is 74.7 cm³/mol. The summed E-state index contributed by atoms with van der Waals surface area (Å²) in [6.45, 7) is 4.84. The number of unbranched alkanes of at least 4 members (excludes halogenated alkanes) is 1. The highest BCUT2D eigenvalue weighted by atomic mass is 16.5. The van der Waals surface area contributed by atoms with Crippen LogP contribution in [0.1, 0.15) is 30.9 Å². The molecule has 0 radical (unpaired) electrons. The number of rotatable bonds is 6. The summed E-state index contributed by atoms with van der Waals surface area (Å²) in [6.07, 6.45) is 5.42. The van der Waals surface area contributed by atoms with Gasteiger partial charge in [0, 0.05) is 18.2 Å². The Kier molecular flexibility index (Phi) is 5.98. The molecular formula is C15H21NO2. The van der Waals surface area contributed by atoms with E-state index in [4.69, 9.17) is 4.74 Å². The topological polar surface area (TPSA) is 38.3 Å². The van der Waals surface area contributed by atoms with Gasteiger partial charge in [0.1, 0.15) is 5.75 Å². The lowest BCUT2D eigenvalue weighted by Crippen LogP contribution is -2.21. The van der Waals surface area contributed by atoms with Crippen LogP contribution in [-0.2, 0) is 4.79 Å². The zero-order valence-electron chi connectivity index (χ0n) is 11.3. The monoisotopic (exact) mass is 247 g/mol. The molecule has 1 N–H and O–H groups in total. The Labute approximate surface area is 109 Å². The van der Waals surface area contributed by atoms with E-state index in [0.29, 0.717) is 0 Å². The van der Waals surface area contributed by atoms with Crippen molar-refractivity contribution in [2.45, 2.75) is 26.7 Å². The minimum absolute atomic E-state index is 0.0630. The van der Waals surface area contributed by atoms with Crippen LogP contribution in [0.25, 0.3) is 6.08 Å². The van der Waals surface area contributed by atoms with Crippen LogP contribution in [-0.4, -0.2) is 19.6 Å². The van der Waals surface area contributed by atoms with Crippen molar-refractivity contribution in [2.24, 2.45) is 0 Å². The van der Waals surface area contributed by atoms with E-state index in [2.05, 4.69) is 12.2 Å². The quantitative estimate of drug-likeness (QED) is 0.620. The zero-order chi connectivity index (χ0) is 13.4. The Bertz CT molecular complexity index is 425. The van der Waals surface area contributed by atoms with E-state index in [9.17, 15) is 4.79 Å². The van der Waals surface area contributed by atoms with E-state index in [1.54, 1.807) is 19.3 Å². The Morgan fingerprint density at radius 2 is 2.22 bits per heavy atom. The summed E-state index contributed by atoms with van der Waals surface area (Å²) in [5, 5.41) is 2.84. The van der Waals surface area contributed by atoms with Crippen molar-refractivity contribution in [2.75, 3.05) is 13.7 Å². The van der Waals surface area contributed by atoms with Crippen molar-refractivity contribution >= 4 is 12.0 Å². The first-order chi connectivity index (χ1) is 8.67. The highest BCUT2D eigenvalue weighted by Crippen LogP contribution is 2.20. The van der Waals surface area contributed by atoms with Gasteiger partial charge in [0.05, 0.1) is 7.11 Å². The maximum Gasteiger partial charge on any atom is 0.244 e. The number of carbonyl (C=O) groups is 1. The minimum Gasteiger partial charge on any atom is -0.496 e. The number of carbonyl (C=O) groups excluding carboxylic acids is 1. The lowest BCUT2D eigenvalue weighted by atomic mass is 10.1. The molecule has 1 aromatic carbocycles. The molecule has 0 spiro atoms. The summed E-state index contributed by atoms with van der Waals surface area (Å²) in [5.74, 6) is 0.713. The molecule has 98 valence electrons. The van der Waals surface area contributed by atoms with Gasteiger partial charge < -0.3 is 10.1 Å². The number of nitrogens with one attached hydrogen (secondary N) is 1. The van der Waals surface area contributed by atoms with E-state index in [1.165, 1.54) is 0 Å². The average Bonchev–Trinajstić information content (AvgIpc) is 2.37. The highest BCUT2D eigenvalue weighted by Gasteiger charge is 2.00. The molecule has 0 unspecified atom stereocenters. The molecular weight excluding hydrogens is 226 g/mol. The van der Waals surface area contributed by atoms with Crippen LogP contribution in [0.5, 0.6) is 5.75 Å². The van der Waals surface area contributed by atoms with Gasteiger partial charge >= 0.3 is 0 Å². The summed E-state index contributed by atoms with van der Waals surface area (Å²) >= 11 is 0. The number of methoxy groups -OCH3 is 1. The number of amides is 1. The van der Waals surface area contributed by atoms with Crippen molar-refractivity contribution in [3.8, 4) is 5.75 Å². The summed E-state index contributed by atoms with van der Waals surface area (Å²) in [7, 11) is 1.63. The van der Waals surface area contributed by atoms with E-state index < -0.39 is 0 Å². The second kappa shape index (κ2) is 7.54. The minimum atomic E-state index is -0.0630. The van der Waals surface area contributed by atoms with Gasteiger partial charge in [0.25, 0.3) is 0 Å². The standard InChI is InChI=1S/C15H21NO2/c1-4-5-10-16-15(17)9-7-13-11-12(2)6-8-14(13)18-3/h6-9,11H,4-5,10H2,1-3H3,(H,16,17)/b9-7+. The largest absolute Gasteiger partial charge is 0.496 e. The van der Waals surface area contributed by atoms with Crippen LogP contribution in [0.15, 0.2) is 24.3 Å². The molecule has 0 heterocycles. The molecule has 0 bridgehead atoms. The molecule has 1 aromatic rings. The van der Waals surface area contributed by atoms with Crippen molar-refractivity contribution in [3.05, 3.63) is 35.4 Å². The van der Waals surface area contributed by atoms with E-state index in [1.807, 2.05) is 25.1 Å². The van der Waals surface area contributed by atoms with Crippen LogP contribution < -0.4 is 10.1 Å². The summed E-state index contributed by atoms with van der Waals surface area (Å²) in [6, 6.07) is 5.89. The van der Waals surface area contributed by atoms with Crippen LogP contribution in [0.3, 0.4) is 0 Å². The van der Waals surface area contributed by atoms with Gasteiger partial charge in [0.15, 0.2) is 0 Å². The zero-order valence-corrected chi connectivity index (χ0v) is 11.3. The van der Waals surface area contributed by atoms with E-state index >= 15 is 0 Å². The number of ether oxygens (including phenoxy) is 1. The molecule has 3 nitrogen and oxygen atoms in total. The Balaban J connectivity index is 2.65. The molecule has 0 aliphatic rings. The third kappa shape index (κ3) is 4.62. The molecule has 0 saturated heterocycles. The Morgan fingerprint density at radius 3 is 2.89 bits per heavy atom. The van der Waals surface area contributed by atoms with Gasteiger partial charge in [-0.2, -0.15) is 0 Å². The normalized spacial score (nSPS) is 10.6. The Hall–Kier alpha value is -1.77. The van der Waals surface area contributed by atoms with Crippen LogP contribution in [0.2, 0.25) is 0 Å². The molecule has 0 atom stereocenters. The summed E-state index contributed by atoms with van der Waals surface area (Å²) < 4.78 is 5.25. The van der Waals surface area contributed by atoms with Crippen LogP contribution >= 0.6 is 0 Å². The maximum absolute atomic E-state index is 11.5. The lowest BCUT2D eigenvalue weighted by molar-refractivity contribution is -0.116. The summed E-state index contributed by atoms with van der Waals surface area (Å²) in [4.78, 5) is 11.5. The fourth-order valence-electron chi connectivity index (χ4n) is 1.60. The maximum atomic E-state index is 11.5. The fraction of sp³-hybridized carbons (Fsp3) is 0.400. The summed E-state index contributed by atoms with van der Waals surface area (Å²) in [5.41, 5.74) is 2.06. The number of aryl methyl sites for hydroxylation is 1. The first kappa shape index (κ1) is 14.3. The van der Waals surface area contributed by atoms with Gasteiger partial charge in [-0.15, -0.1) is 0 Å². The molecule has 0 aliphatic carbocycles. The van der Waals surface area contributed by atoms with Crippen molar-refractivity contribution in [3.63, 3.8) is 0 Å². The number of benzene rings is 1. The van der Waals surface area contributed by atoms with E-state index in [0.717, 1.165) is 36.3 Å². The van der Waals surface area contributed by atoms with Gasteiger partial charge in [-0.25, -0.2) is 0 Å². The third-order valence-corrected chi connectivity index (χ3v) is 2.63. The van der Waals surface area contributed by atoms with Crippen LogP contribution in [0.4, 0.5) is 0 Å². The van der Waals surface area contributed by atoms with Gasteiger partial charge in [0.2, 0.25) is 5.91 Å². The molecule has 0 saturated carbocycles. The first-order valence-corrected chi connectivity index (χ1v) is 6.28. The second-order valence-electron chi connectivity index (χ2n) is 4.22. The number of hydrogen-bond donors (Lipinski definition) is 1. The second-order valence-corrected chi connectivity index (χ2v) is 4.22. The molecule has 1 rings (SSSR count). The first-order valence-electron chi connectivity index (χ1n) is 6.28. The molecule has 0 aromatic heterocycles. The molecule has 18 heavy (non-hydrogen) atoms. The molecule has 3 heteroatoms. The lowest BCUT2D eigenvalue weighted by Gasteiger charge is -2.05. The fourth-order valence-corrected chi connectivity index (χ4v) is 1.60.